The summed E-state index contributed by atoms with van der Waals surface area (Å²) in [5.41, 5.74) is 2.00. The van der Waals surface area contributed by atoms with E-state index in [0.717, 1.165) is 28.6 Å². The van der Waals surface area contributed by atoms with Crippen molar-refractivity contribution in [2.45, 2.75) is 25.7 Å². The van der Waals surface area contributed by atoms with E-state index in [1.807, 2.05) is 25.1 Å². The van der Waals surface area contributed by atoms with Gasteiger partial charge in [0.1, 0.15) is 0 Å². The zero-order chi connectivity index (χ0) is 11.5. The summed E-state index contributed by atoms with van der Waals surface area (Å²) in [6, 6.07) is 5.90. The van der Waals surface area contributed by atoms with Gasteiger partial charge in [-0.05, 0) is 40.9 Å². The summed E-state index contributed by atoms with van der Waals surface area (Å²) >= 11 is 3.44. The SMILES string of the molecule is CC#CCCC1C(=O)Nc2c(Br)cccc21. The van der Waals surface area contributed by atoms with Gasteiger partial charge in [0.15, 0.2) is 0 Å². The number of carbonyl (C=O) groups excluding carboxylic acids is 1. The maximum Gasteiger partial charge on any atom is 0.232 e. The number of fused-ring (bicyclic) bond motifs is 1. The summed E-state index contributed by atoms with van der Waals surface area (Å²) in [5, 5.41) is 2.91. The molecule has 2 nitrogen and oxygen atoms in total. The second kappa shape index (κ2) is 4.71. The number of hydrogen-bond donors (Lipinski definition) is 1. The van der Waals surface area contributed by atoms with Gasteiger partial charge >= 0.3 is 0 Å². The number of benzene rings is 1. The fourth-order valence-electron chi connectivity index (χ4n) is 1.94. The van der Waals surface area contributed by atoms with E-state index < -0.39 is 0 Å². The molecule has 1 atom stereocenters. The van der Waals surface area contributed by atoms with Crippen LogP contribution in [-0.2, 0) is 4.79 Å². The third-order valence-electron chi connectivity index (χ3n) is 2.72. The Morgan fingerprint density at radius 2 is 2.31 bits per heavy atom. The van der Waals surface area contributed by atoms with Gasteiger partial charge in [0.2, 0.25) is 5.91 Å². The molecule has 2 rings (SSSR count). The number of halogens is 1. The van der Waals surface area contributed by atoms with Crippen molar-refractivity contribution in [3.63, 3.8) is 0 Å². The largest absolute Gasteiger partial charge is 0.324 e. The van der Waals surface area contributed by atoms with Crippen LogP contribution in [0.5, 0.6) is 0 Å². The van der Waals surface area contributed by atoms with Gasteiger partial charge in [-0.25, -0.2) is 0 Å². The predicted octanol–water partition coefficient (Wildman–Crippen LogP) is 3.29. The molecule has 82 valence electrons. The average molecular weight is 278 g/mol. The summed E-state index contributed by atoms with van der Waals surface area (Å²) in [6.07, 6.45) is 1.55. The zero-order valence-corrected chi connectivity index (χ0v) is 10.6. The third kappa shape index (κ3) is 1.98. The molecule has 1 aromatic rings. The van der Waals surface area contributed by atoms with Crippen LogP contribution in [0.3, 0.4) is 0 Å². The third-order valence-corrected chi connectivity index (χ3v) is 3.38. The minimum absolute atomic E-state index is 0.0478. The summed E-state index contributed by atoms with van der Waals surface area (Å²) in [5.74, 6) is 5.89. The van der Waals surface area contributed by atoms with Crippen molar-refractivity contribution < 1.29 is 4.79 Å². The number of amides is 1. The number of anilines is 1. The predicted molar refractivity (Wildman–Crippen MR) is 68.2 cm³/mol. The molecular formula is C13H12BrNO. The molecule has 0 bridgehead atoms. The van der Waals surface area contributed by atoms with E-state index in [9.17, 15) is 4.79 Å². The van der Waals surface area contributed by atoms with E-state index in [-0.39, 0.29) is 11.8 Å². The summed E-state index contributed by atoms with van der Waals surface area (Å²) in [6.45, 7) is 1.82. The Morgan fingerprint density at radius 3 is 3.06 bits per heavy atom. The van der Waals surface area contributed by atoms with Crippen LogP contribution in [0.2, 0.25) is 0 Å². The highest BCUT2D eigenvalue weighted by Crippen LogP contribution is 2.39. The summed E-state index contributed by atoms with van der Waals surface area (Å²) in [7, 11) is 0. The van der Waals surface area contributed by atoms with E-state index in [2.05, 4.69) is 33.1 Å². The maximum absolute atomic E-state index is 11.8. The smallest absolute Gasteiger partial charge is 0.232 e. The first-order valence-corrected chi connectivity index (χ1v) is 6.02. The molecule has 0 radical (unpaired) electrons. The number of rotatable bonds is 2. The molecule has 1 heterocycles. The Kier molecular flexibility index (Phi) is 3.31. The first kappa shape index (κ1) is 11.2. The number of carbonyl (C=O) groups is 1. The normalized spacial score (nSPS) is 17.4. The second-order valence-electron chi connectivity index (χ2n) is 3.71. The highest BCUT2D eigenvalue weighted by atomic mass is 79.9. The van der Waals surface area contributed by atoms with E-state index in [1.54, 1.807) is 0 Å². The molecule has 1 aromatic carbocycles. The van der Waals surface area contributed by atoms with E-state index in [4.69, 9.17) is 0 Å². The van der Waals surface area contributed by atoms with Gasteiger partial charge in [0, 0.05) is 10.9 Å². The molecule has 0 spiro atoms. The van der Waals surface area contributed by atoms with E-state index >= 15 is 0 Å². The molecule has 0 aromatic heterocycles. The molecule has 0 saturated heterocycles. The summed E-state index contributed by atoms with van der Waals surface area (Å²) < 4.78 is 0.947. The van der Waals surface area contributed by atoms with Crippen molar-refractivity contribution in [1.29, 1.82) is 0 Å². The van der Waals surface area contributed by atoms with Crippen molar-refractivity contribution in [2.24, 2.45) is 0 Å². The quantitative estimate of drug-likeness (QED) is 0.826. The van der Waals surface area contributed by atoms with E-state index in [1.165, 1.54) is 0 Å². The number of nitrogens with one attached hydrogen (secondary N) is 1. The van der Waals surface area contributed by atoms with Gasteiger partial charge in [-0.15, -0.1) is 11.8 Å². The topological polar surface area (TPSA) is 29.1 Å². The first-order valence-electron chi connectivity index (χ1n) is 5.23. The lowest BCUT2D eigenvalue weighted by atomic mass is 9.96. The molecular weight excluding hydrogens is 266 g/mol. The van der Waals surface area contributed by atoms with Crippen molar-refractivity contribution in [2.75, 3.05) is 5.32 Å². The molecule has 0 saturated carbocycles. The molecule has 1 aliphatic rings. The Hall–Kier alpha value is -1.27. The number of para-hydroxylation sites is 1. The van der Waals surface area contributed by atoms with Gasteiger partial charge in [-0.2, -0.15) is 0 Å². The highest BCUT2D eigenvalue weighted by molar-refractivity contribution is 9.10. The Balaban J connectivity index is 2.25. The van der Waals surface area contributed by atoms with Crippen molar-refractivity contribution in [1.82, 2.24) is 0 Å². The molecule has 1 amide bonds. The van der Waals surface area contributed by atoms with Crippen LogP contribution in [0.25, 0.3) is 0 Å². The van der Waals surface area contributed by atoms with Gasteiger partial charge < -0.3 is 5.32 Å². The minimum atomic E-state index is -0.0478. The summed E-state index contributed by atoms with van der Waals surface area (Å²) in [4.78, 5) is 11.8. The fourth-order valence-corrected chi connectivity index (χ4v) is 2.42. The van der Waals surface area contributed by atoms with Crippen LogP contribution < -0.4 is 5.32 Å². The van der Waals surface area contributed by atoms with Crippen molar-refractivity contribution in [3.05, 3.63) is 28.2 Å². The van der Waals surface area contributed by atoms with E-state index in [0.29, 0.717) is 0 Å². The second-order valence-corrected chi connectivity index (χ2v) is 4.57. The standard InChI is InChI=1S/C13H12BrNO/c1-2-3-4-6-10-9-7-5-8-11(14)12(9)15-13(10)16/h5,7-8,10H,4,6H2,1H3,(H,15,16). The Bertz CT molecular complexity index is 484. The molecule has 1 unspecified atom stereocenters. The Morgan fingerprint density at radius 1 is 1.50 bits per heavy atom. The Labute approximate surface area is 104 Å². The molecule has 3 heteroatoms. The molecule has 0 aliphatic carbocycles. The van der Waals surface area contributed by atoms with Crippen LogP contribution in [0.4, 0.5) is 5.69 Å². The van der Waals surface area contributed by atoms with Crippen LogP contribution in [-0.4, -0.2) is 5.91 Å². The monoisotopic (exact) mass is 277 g/mol. The van der Waals surface area contributed by atoms with Gasteiger partial charge in [0.05, 0.1) is 11.6 Å². The lowest BCUT2D eigenvalue weighted by Gasteiger charge is -2.05. The van der Waals surface area contributed by atoms with Gasteiger partial charge in [-0.1, -0.05) is 12.1 Å². The van der Waals surface area contributed by atoms with Crippen molar-refractivity contribution in [3.8, 4) is 11.8 Å². The van der Waals surface area contributed by atoms with Crippen molar-refractivity contribution >= 4 is 27.5 Å². The molecule has 0 fully saturated rings. The lowest BCUT2D eigenvalue weighted by Crippen LogP contribution is -2.11. The lowest BCUT2D eigenvalue weighted by molar-refractivity contribution is -0.117. The first-order chi connectivity index (χ1) is 7.74. The highest BCUT2D eigenvalue weighted by Gasteiger charge is 2.30. The molecule has 1 N–H and O–H groups in total. The fraction of sp³-hybridized carbons (Fsp3) is 0.308. The van der Waals surface area contributed by atoms with Crippen LogP contribution in [0, 0.1) is 11.8 Å². The van der Waals surface area contributed by atoms with Crippen LogP contribution in [0.1, 0.15) is 31.2 Å². The molecule has 16 heavy (non-hydrogen) atoms. The average Bonchev–Trinajstić information content (AvgIpc) is 2.58. The number of hydrogen-bond acceptors (Lipinski definition) is 1. The van der Waals surface area contributed by atoms with Gasteiger partial charge in [-0.3, -0.25) is 4.79 Å². The zero-order valence-electron chi connectivity index (χ0n) is 9.01. The minimum Gasteiger partial charge on any atom is -0.324 e. The molecule has 1 aliphatic heterocycles. The van der Waals surface area contributed by atoms with Crippen LogP contribution >= 0.6 is 15.9 Å². The maximum atomic E-state index is 11.8. The van der Waals surface area contributed by atoms with Gasteiger partial charge in [0.25, 0.3) is 0 Å². The van der Waals surface area contributed by atoms with Crippen LogP contribution in [0.15, 0.2) is 22.7 Å².